The van der Waals surface area contributed by atoms with Crippen molar-refractivity contribution in [2.45, 2.75) is 6.54 Å². The largest absolute Gasteiger partial charge is 0.323 e. The van der Waals surface area contributed by atoms with Crippen molar-refractivity contribution in [3.05, 3.63) is 44.4 Å². The molecule has 0 aliphatic carbocycles. The molecule has 0 saturated carbocycles. The second kappa shape index (κ2) is 2.99. The van der Waals surface area contributed by atoms with Gasteiger partial charge in [0.1, 0.15) is 0 Å². The summed E-state index contributed by atoms with van der Waals surface area (Å²) in [4.78, 5) is 25.8. The maximum Gasteiger partial charge on any atom is 0.323 e. The zero-order valence-corrected chi connectivity index (χ0v) is 7.11. The predicted molar refractivity (Wildman–Crippen MR) is 49.6 cm³/mol. The van der Waals surface area contributed by atoms with E-state index in [9.17, 15) is 14.9 Å². The van der Waals surface area contributed by atoms with Crippen molar-refractivity contribution in [1.29, 1.82) is 0 Å². The van der Waals surface area contributed by atoms with E-state index in [-0.39, 0.29) is 12.2 Å². The fourth-order valence-corrected chi connectivity index (χ4v) is 1.33. The highest BCUT2D eigenvalue weighted by Crippen LogP contribution is 2.10. The monoisotopic (exact) mass is 193 g/mol. The first-order valence-electron chi connectivity index (χ1n) is 3.98. The average molecular weight is 193 g/mol. The second-order valence-electron chi connectivity index (χ2n) is 2.95. The van der Waals surface area contributed by atoms with Gasteiger partial charge >= 0.3 is 5.69 Å². The molecule has 6 nitrogen and oxygen atoms in total. The molecule has 14 heavy (non-hydrogen) atoms. The highest BCUT2D eigenvalue weighted by molar-refractivity contribution is 5.74. The van der Waals surface area contributed by atoms with Crippen molar-refractivity contribution < 1.29 is 4.92 Å². The molecule has 0 radical (unpaired) electrons. The van der Waals surface area contributed by atoms with Crippen molar-refractivity contribution in [3.63, 3.8) is 0 Å². The Morgan fingerprint density at radius 1 is 1.29 bits per heavy atom. The summed E-state index contributed by atoms with van der Waals surface area (Å²) < 4.78 is 0. The number of aromatic nitrogens is 2. The molecule has 0 fully saturated rings. The van der Waals surface area contributed by atoms with Crippen molar-refractivity contribution in [2.75, 3.05) is 0 Å². The van der Waals surface area contributed by atoms with Crippen molar-refractivity contribution >= 4 is 11.0 Å². The Hall–Kier alpha value is -2.11. The van der Waals surface area contributed by atoms with Gasteiger partial charge in [0.2, 0.25) is 6.54 Å². The van der Waals surface area contributed by atoms with Crippen LogP contribution in [-0.2, 0) is 6.54 Å². The first-order valence-corrected chi connectivity index (χ1v) is 3.98. The second-order valence-corrected chi connectivity index (χ2v) is 2.95. The van der Waals surface area contributed by atoms with Crippen molar-refractivity contribution in [1.82, 2.24) is 9.97 Å². The standard InChI is InChI=1S/C8H7N3O3/c12-8-9-6-2-1-5(4-11(13)14)3-7(6)10-8/h1-3H,4H2,(H2,9,10,12). The topological polar surface area (TPSA) is 91.8 Å². The fourth-order valence-electron chi connectivity index (χ4n) is 1.33. The summed E-state index contributed by atoms with van der Waals surface area (Å²) in [5.41, 5.74) is 1.51. The lowest BCUT2D eigenvalue weighted by atomic mass is 10.2. The molecule has 0 bridgehead atoms. The Morgan fingerprint density at radius 3 is 2.71 bits per heavy atom. The smallest absolute Gasteiger partial charge is 0.306 e. The summed E-state index contributed by atoms with van der Waals surface area (Å²) in [6.07, 6.45) is 0. The van der Waals surface area contributed by atoms with Crippen LogP contribution >= 0.6 is 0 Å². The molecule has 0 saturated heterocycles. The van der Waals surface area contributed by atoms with Gasteiger partial charge < -0.3 is 9.97 Å². The van der Waals surface area contributed by atoms with Gasteiger partial charge in [-0.25, -0.2) is 4.79 Å². The number of imidazole rings is 1. The van der Waals surface area contributed by atoms with E-state index in [1.54, 1.807) is 18.2 Å². The molecule has 2 aromatic rings. The van der Waals surface area contributed by atoms with Gasteiger partial charge in [-0.3, -0.25) is 10.1 Å². The third kappa shape index (κ3) is 1.49. The van der Waals surface area contributed by atoms with E-state index in [1.165, 1.54) is 0 Å². The van der Waals surface area contributed by atoms with E-state index < -0.39 is 4.92 Å². The van der Waals surface area contributed by atoms with E-state index in [0.717, 1.165) is 0 Å². The van der Waals surface area contributed by atoms with Crippen LogP contribution in [0, 0.1) is 10.1 Å². The maximum atomic E-state index is 10.9. The molecule has 6 heteroatoms. The van der Waals surface area contributed by atoms with E-state index in [1.807, 2.05) is 0 Å². The summed E-state index contributed by atoms with van der Waals surface area (Å²) in [6.45, 7) is -0.233. The number of nitrogens with one attached hydrogen (secondary N) is 2. The Bertz CT molecular complexity index is 540. The number of nitrogens with zero attached hydrogens (tertiary/aromatic N) is 1. The molecule has 0 aliphatic rings. The number of aromatic amines is 2. The van der Waals surface area contributed by atoms with Gasteiger partial charge in [-0.2, -0.15) is 0 Å². The lowest BCUT2D eigenvalue weighted by molar-refractivity contribution is -0.496. The summed E-state index contributed by atoms with van der Waals surface area (Å²) in [6, 6.07) is 4.86. The average Bonchev–Trinajstić information content (AvgIpc) is 2.42. The van der Waals surface area contributed by atoms with Crippen LogP contribution in [-0.4, -0.2) is 14.9 Å². The zero-order valence-electron chi connectivity index (χ0n) is 7.11. The van der Waals surface area contributed by atoms with Gasteiger partial charge in [0, 0.05) is 10.5 Å². The molecule has 0 unspecified atom stereocenters. The van der Waals surface area contributed by atoms with Gasteiger partial charge in [-0.15, -0.1) is 0 Å². The number of nitro groups is 1. The summed E-state index contributed by atoms with van der Waals surface area (Å²) in [7, 11) is 0. The normalized spacial score (nSPS) is 10.6. The van der Waals surface area contributed by atoms with Crippen LogP contribution in [0.15, 0.2) is 23.0 Å². The molecule has 1 aromatic heterocycles. The van der Waals surface area contributed by atoms with Crippen molar-refractivity contribution in [2.24, 2.45) is 0 Å². The van der Waals surface area contributed by atoms with Crippen LogP contribution in [0.5, 0.6) is 0 Å². The minimum Gasteiger partial charge on any atom is -0.306 e. The Balaban J connectivity index is 2.50. The van der Waals surface area contributed by atoms with Gasteiger partial charge in [0.05, 0.1) is 11.0 Å². The van der Waals surface area contributed by atoms with Gasteiger partial charge in [0.25, 0.3) is 0 Å². The minimum atomic E-state index is -0.411. The Kier molecular flexibility index (Phi) is 1.81. The molecule has 0 atom stereocenters. The molecule has 2 N–H and O–H groups in total. The van der Waals surface area contributed by atoms with Crippen LogP contribution in [0.25, 0.3) is 11.0 Å². The summed E-state index contributed by atoms with van der Waals surface area (Å²) in [5, 5.41) is 10.2. The fraction of sp³-hybridized carbons (Fsp3) is 0.125. The molecule has 1 aromatic carbocycles. The van der Waals surface area contributed by atoms with Crippen molar-refractivity contribution in [3.8, 4) is 0 Å². The summed E-state index contributed by atoms with van der Waals surface area (Å²) >= 11 is 0. The van der Waals surface area contributed by atoms with Crippen LogP contribution in [0.3, 0.4) is 0 Å². The van der Waals surface area contributed by atoms with E-state index in [4.69, 9.17) is 0 Å². The predicted octanol–water partition coefficient (Wildman–Crippen LogP) is 0.633. The molecule has 0 amide bonds. The molecule has 2 rings (SSSR count). The van der Waals surface area contributed by atoms with E-state index in [2.05, 4.69) is 9.97 Å². The molecule has 0 spiro atoms. The van der Waals surface area contributed by atoms with Crippen LogP contribution in [0.2, 0.25) is 0 Å². The number of rotatable bonds is 2. The molecular weight excluding hydrogens is 186 g/mol. The van der Waals surface area contributed by atoms with Crippen LogP contribution < -0.4 is 5.69 Å². The Labute approximate surface area is 77.7 Å². The molecule has 0 aliphatic heterocycles. The van der Waals surface area contributed by atoms with Crippen LogP contribution in [0.1, 0.15) is 5.56 Å². The minimum absolute atomic E-state index is 0.233. The SMILES string of the molecule is O=c1[nH]c2ccc(C[N+](=O)[O-])cc2[nH]1. The third-order valence-electron chi connectivity index (χ3n) is 1.89. The number of benzene rings is 1. The number of hydrogen-bond donors (Lipinski definition) is 2. The Morgan fingerprint density at radius 2 is 2.00 bits per heavy atom. The molecule has 1 heterocycles. The lowest BCUT2D eigenvalue weighted by Gasteiger charge is -1.94. The quantitative estimate of drug-likeness (QED) is 0.541. The highest BCUT2D eigenvalue weighted by atomic mass is 16.6. The maximum absolute atomic E-state index is 10.9. The van der Waals surface area contributed by atoms with Gasteiger partial charge in [0.15, 0.2) is 0 Å². The first kappa shape index (κ1) is 8.49. The third-order valence-corrected chi connectivity index (χ3v) is 1.89. The van der Waals surface area contributed by atoms with Gasteiger partial charge in [-0.1, -0.05) is 6.07 Å². The molecule has 72 valence electrons. The van der Waals surface area contributed by atoms with Crippen LogP contribution in [0.4, 0.5) is 0 Å². The zero-order chi connectivity index (χ0) is 10.1. The van der Waals surface area contributed by atoms with E-state index in [0.29, 0.717) is 16.6 Å². The summed E-state index contributed by atoms with van der Waals surface area (Å²) in [5.74, 6) is 0. The number of H-pyrrole nitrogens is 2. The number of fused-ring (bicyclic) bond motifs is 1. The first-order chi connectivity index (χ1) is 6.65. The lowest BCUT2D eigenvalue weighted by Crippen LogP contribution is -1.99. The number of hydrogen-bond acceptors (Lipinski definition) is 3. The molecular formula is C8H7N3O3. The van der Waals surface area contributed by atoms with E-state index >= 15 is 0 Å². The highest BCUT2D eigenvalue weighted by Gasteiger charge is 2.04. The van der Waals surface area contributed by atoms with Gasteiger partial charge in [-0.05, 0) is 12.1 Å².